The van der Waals surface area contributed by atoms with E-state index in [0.29, 0.717) is 13.2 Å². The van der Waals surface area contributed by atoms with Gasteiger partial charge in [-0.05, 0) is 0 Å². The third-order valence-electron chi connectivity index (χ3n) is 2.06. The second-order valence-electron chi connectivity index (χ2n) is 3.09. The van der Waals surface area contributed by atoms with Crippen LogP contribution in [0.5, 0.6) is 5.75 Å². The number of ether oxygens (including phenoxy) is 1. The topological polar surface area (TPSA) is 18.5 Å². The summed E-state index contributed by atoms with van der Waals surface area (Å²) in [6.07, 6.45) is 2.00. The van der Waals surface area contributed by atoms with Gasteiger partial charge in [0.25, 0.3) is 0 Å². The van der Waals surface area contributed by atoms with Crippen molar-refractivity contribution in [3.05, 3.63) is 34.5 Å². The summed E-state index contributed by atoms with van der Waals surface area (Å²) in [5, 5.41) is 0. The van der Waals surface area contributed by atoms with Crippen molar-refractivity contribution in [2.24, 2.45) is 0 Å². The number of halogens is 1. The van der Waals surface area contributed by atoms with Crippen LogP contribution in [0, 0.1) is 0 Å². The zero-order valence-corrected chi connectivity index (χ0v) is 11.6. The maximum absolute atomic E-state index is 6.47. The van der Waals surface area contributed by atoms with Gasteiger partial charge in [0, 0.05) is 0 Å². The van der Waals surface area contributed by atoms with Gasteiger partial charge in [0.1, 0.15) is 0 Å². The summed E-state index contributed by atoms with van der Waals surface area (Å²) in [7, 11) is 6.47. The van der Waals surface area contributed by atoms with Gasteiger partial charge in [-0.3, -0.25) is 0 Å². The van der Waals surface area contributed by atoms with Gasteiger partial charge in [-0.1, -0.05) is 0 Å². The average Bonchev–Trinajstić information content (AvgIpc) is 2.68. The van der Waals surface area contributed by atoms with Gasteiger partial charge in [0.15, 0.2) is 0 Å². The molecule has 1 aliphatic heterocycles. The molecule has 0 radical (unpaired) electrons. The molecule has 0 spiro atoms. The van der Waals surface area contributed by atoms with Crippen molar-refractivity contribution in [2.75, 3.05) is 13.2 Å². The van der Waals surface area contributed by atoms with Gasteiger partial charge in [0.05, 0.1) is 0 Å². The Morgan fingerprint density at radius 2 is 2.13 bits per heavy atom. The Balaban J connectivity index is 2.19. The van der Waals surface area contributed by atoms with E-state index in [-0.39, 0.29) is 0 Å². The van der Waals surface area contributed by atoms with E-state index < -0.39 is 17.5 Å². The van der Waals surface area contributed by atoms with Crippen molar-refractivity contribution in [2.45, 2.75) is 6.92 Å². The summed E-state index contributed by atoms with van der Waals surface area (Å²) in [6.45, 7) is 3.30. The predicted molar refractivity (Wildman–Crippen MR) is 63.9 cm³/mol. The fraction of sp³-hybridized carbons (Fsp3) is 0.273. The normalized spacial score (nSPS) is 28.7. The van der Waals surface area contributed by atoms with Crippen LogP contribution in [-0.2, 0) is 3.10 Å². The predicted octanol–water partition coefficient (Wildman–Crippen LogP) is 2.10. The molecular weight excluding hydrogens is 327 g/mol. The molecule has 0 amide bonds. The monoisotopic (exact) mass is 342 g/mol. The van der Waals surface area contributed by atoms with Crippen molar-refractivity contribution in [3.63, 3.8) is 0 Å². The number of benzene rings is 1. The first kappa shape index (κ1) is 11.3. The van der Waals surface area contributed by atoms with Crippen LogP contribution >= 0.6 is 8.96 Å². The fourth-order valence-electron chi connectivity index (χ4n) is 1.38. The van der Waals surface area contributed by atoms with Crippen LogP contribution in [0.1, 0.15) is 6.92 Å². The summed E-state index contributed by atoms with van der Waals surface area (Å²) in [5.41, 5.74) is 0. The second kappa shape index (κ2) is 4.76. The molecule has 4 heteroatoms. The number of rotatable bonds is 3. The molecule has 0 saturated carbocycles. The maximum atomic E-state index is 6.47. The Morgan fingerprint density at radius 3 is 2.67 bits per heavy atom. The van der Waals surface area contributed by atoms with Gasteiger partial charge >= 0.3 is 98.2 Å². The molecule has 1 atom stereocenters. The summed E-state index contributed by atoms with van der Waals surface area (Å²) < 4.78 is 14.2. The quantitative estimate of drug-likeness (QED) is 0.785. The van der Waals surface area contributed by atoms with E-state index in [4.69, 9.17) is 16.8 Å². The van der Waals surface area contributed by atoms with Crippen molar-refractivity contribution in [1.82, 2.24) is 0 Å². The summed E-state index contributed by atoms with van der Waals surface area (Å²) in [4.78, 5) is 0. The molecule has 82 valence electrons. The first-order chi connectivity index (χ1) is 7.24. The average molecular weight is 340 g/mol. The number of hydrogen-bond acceptors (Lipinski definition) is 2. The third kappa shape index (κ3) is 2.49. The van der Waals surface area contributed by atoms with E-state index in [9.17, 15) is 0 Å². The standard InChI is InChI=1S/C11H13ClO2Te/c1-2-13-10-4-6-11(7-5-10)15(12)9-3-8-14-15/h3-7,9H,2,8H2,1H3. The molecule has 1 unspecified atom stereocenters. The van der Waals surface area contributed by atoms with Gasteiger partial charge in [-0.2, -0.15) is 0 Å². The van der Waals surface area contributed by atoms with Crippen LogP contribution in [-0.4, -0.2) is 30.7 Å². The molecule has 0 N–H and O–H groups in total. The Bertz CT molecular complexity index is 363. The van der Waals surface area contributed by atoms with Gasteiger partial charge in [0.2, 0.25) is 0 Å². The van der Waals surface area contributed by atoms with Crippen molar-refractivity contribution >= 4 is 30.0 Å². The van der Waals surface area contributed by atoms with E-state index in [1.165, 1.54) is 0 Å². The molecule has 0 fully saturated rings. The molecule has 15 heavy (non-hydrogen) atoms. The number of hydrogen-bond donors (Lipinski definition) is 0. The van der Waals surface area contributed by atoms with Gasteiger partial charge < -0.3 is 0 Å². The van der Waals surface area contributed by atoms with Gasteiger partial charge in [-0.15, -0.1) is 0 Å². The SMILES string of the molecule is CCOc1ccc([Te]2(Cl)C=CCO2)cc1. The third-order valence-corrected chi connectivity index (χ3v) is 10.1. The molecule has 1 aromatic rings. The minimum atomic E-state index is -2.82. The molecule has 1 aromatic carbocycles. The molecule has 0 aromatic heterocycles. The van der Waals surface area contributed by atoms with Gasteiger partial charge in [-0.25, -0.2) is 0 Å². The molecule has 1 aliphatic rings. The Morgan fingerprint density at radius 1 is 1.40 bits per heavy atom. The first-order valence-corrected chi connectivity index (χ1v) is 11.2. The molecule has 0 aliphatic carbocycles. The molecule has 1 heterocycles. The van der Waals surface area contributed by atoms with Crippen LogP contribution in [0.2, 0.25) is 0 Å². The van der Waals surface area contributed by atoms with Crippen molar-refractivity contribution in [1.29, 1.82) is 0 Å². The summed E-state index contributed by atoms with van der Waals surface area (Å²) in [6, 6.07) is 7.91. The molecule has 2 rings (SSSR count). The van der Waals surface area contributed by atoms with E-state index in [2.05, 4.69) is 4.12 Å². The van der Waals surface area contributed by atoms with Crippen LogP contribution in [0.3, 0.4) is 0 Å². The van der Waals surface area contributed by atoms with Crippen LogP contribution < -0.4 is 8.35 Å². The zero-order valence-electron chi connectivity index (χ0n) is 8.48. The Hall–Kier alpha value is -0.200. The zero-order chi connectivity index (χ0) is 10.7. The van der Waals surface area contributed by atoms with Crippen LogP contribution in [0.15, 0.2) is 34.5 Å². The Kier molecular flexibility index (Phi) is 3.58. The van der Waals surface area contributed by atoms with E-state index in [1.807, 2.05) is 37.3 Å². The van der Waals surface area contributed by atoms with E-state index in [1.54, 1.807) is 0 Å². The molecule has 0 saturated heterocycles. The molecular formula is C11H13ClO2Te. The molecule has 2 nitrogen and oxygen atoms in total. The van der Waals surface area contributed by atoms with E-state index in [0.717, 1.165) is 9.36 Å². The van der Waals surface area contributed by atoms with Crippen molar-refractivity contribution in [3.8, 4) is 5.75 Å². The summed E-state index contributed by atoms with van der Waals surface area (Å²) in [5.74, 6) is 0.881. The summed E-state index contributed by atoms with van der Waals surface area (Å²) >= 11 is -2.82. The second-order valence-corrected chi connectivity index (χ2v) is 12.0. The fourth-order valence-corrected chi connectivity index (χ4v) is 7.13. The van der Waals surface area contributed by atoms with Crippen LogP contribution in [0.25, 0.3) is 0 Å². The van der Waals surface area contributed by atoms with E-state index >= 15 is 0 Å². The molecule has 0 bridgehead atoms. The van der Waals surface area contributed by atoms with Crippen molar-refractivity contribution < 1.29 is 7.84 Å². The first-order valence-electron chi connectivity index (χ1n) is 4.81. The Labute approximate surface area is 97.9 Å². The minimum absolute atomic E-state index is 0.651. The van der Waals surface area contributed by atoms with Crippen LogP contribution in [0.4, 0.5) is 0 Å².